The van der Waals surface area contributed by atoms with Gasteiger partial charge in [0, 0.05) is 35.9 Å². The number of amides is 1. The van der Waals surface area contributed by atoms with Gasteiger partial charge in [-0.1, -0.05) is 18.2 Å². The number of halogens is 3. The Morgan fingerprint density at radius 2 is 1.84 bits per heavy atom. The lowest BCUT2D eigenvalue weighted by Crippen LogP contribution is -2.46. The van der Waals surface area contributed by atoms with Gasteiger partial charge in [0.25, 0.3) is 0 Å². The molecule has 10 heteroatoms. The second kappa shape index (κ2) is 8.43. The minimum atomic E-state index is -5.04. The van der Waals surface area contributed by atoms with Crippen LogP contribution in [0.4, 0.5) is 13.2 Å². The van der Waals surface area contributed by atoms with Crippen molar-refractivity contribution in [1.82, 2.24) is 19.7 Å². The van der Waals surface area contributed by atoms with Crippen molar-refractivity contribution in [1.29, 1.82) is 0 Å². The summed E-state index contributed by atoms with van der Waals surface area (Å²) in [5, 5.41) is 15.8. The summed E-state index contributed by atoms with van der Waals surface area (Å²) in [4.78, 5) is 17.7. The average Bonchev–Trinajstić information content (AvgIpc) is 3.26. The molecule has 2 aromatic heterocycles. The zero-order chi connectivity index (χ0) is 23.0. The number of carbonyl (C=O) groups is 1. The van der Waals surface area contributed by atoms with Crippen LogP contribution in [0, 0.1) is 20.8 Å². The fourth-order valence-corrected chi connectivity index (χ4v) is 4.16. The zero-order valence-corrected chi connectivity index (χ0v) is 18.4. The molecule has 1 unspecified atom stereocenters. The summed E-state index contributed by atoms with van der Waals surface area (Å²) in [6, 6.07) is 9.40. The van der Waals surface area contributed by atoms with Crippen LogP contribution in [0.2, 0.25) is 0 Å². The second-order valence-corrected chi connectivity index (χ2v) is 8.33. The summed E-state index contributed by atoms with van der Waals surface area (Å²) >= 11 is 0.682. The molecule has 3 aromatic rings. The van der Waals surface area contributed by atoms with E-state index in [9.17, 15) is 23.1 Å². The fourth-order valence-electron chi connectivity index (χ4n) is 3.24. The van der Waals surface area contributed by atoms with Crippen molar-refractivity contribution < 1.29 is 23.1 Å². The molecule has 166 valence electrons. The number of nitrogens with zero attached hydrogens (tertiary/aromatic N) is 4. The van der Waals surface area contributed by atoms with E-state index in [-0.39, 0.29) is 6.54 Å². The van der Waals surface area contributed by atoms with Crippen molar-refractivity contribution in [3.63, 3.8) is 0 Å². The van der Waals surface area contributed by atoms with Crippen molar-refractivity contribution in [3.05, 3.63) is 63.4 Å². The molecule has 1 aromatic carbocycles. The first kappa shape index (κ1) is 23.0. The average molecular weight is 453 g/mol. The van der Waals surface area contributed by atoms with Gasteiger partial charge in [0.05, 0.1) is 17.8 Å². The van der Waals surface area contributed by atoms with Crippen LogP contribution < -0.4 is 0 Å². The molecule has 0 aliphatic heterocycles. The van der Waals surface area contributed by atoms with Crippen molar-refractivity contribution >= 4 is 17.2 Å². The van der Waals surface area contributed by atoms with E-state index in [1.54, 1.807) is 11.6 Å². The molecule has 0 bridgehead atoms. The predicted octanol–water partition coefficient (Wildman–Crippen LogP) is 4.05. The van der Waals surface area contributed by atoms with Crippen LogP contribution in [0.3, 0.4) is 0 Å². The minimum absolute atomic E-state index is 0.0637. The summed E-state index contributed by atoms with van der Waals surface area (Å²) < 4.78 is 42.8. The number of hydrogen-bond donors (Lipinski definition) is 1. The van der Waals surface area contributed by atoms with Gasteiger partial charge in [0.1, 0.15) is 5.01 Å². The number of aromatic nitrogens is 3. The summed E-state index contributed by atoms with van der Waals surface area (Å²) in [7, 11) is 1.41. The quantitative estimate of drug-likeness (QED) is 0.613. The maximum atomic E-state index is 13.7. The Morgan fingerprint density at radius 3 is 2.39 bits per heavy atom. The van der Waals surface area contributed by atoms with Gasteiger partial charge in [-0.05, 0) is 32.9 Å². The van der Waals surface area contributed by atoms with E-state index >= 15 is 0 Å². The summed E-state index contributed by atoms with van der Waals surface area (Å²) in [5.41, 5.74) is 0.0418. The number of para-hydroxylation sites is 1. The van der Waals surface area contributed by atoms with Gasteiger partial charge < -0.3 is 10.0 Å². The molecule has 0 radical (unpaired) electrons. The van der Waals surface area contributed by atoms with E-state index in [0.29, 0.717) is 22.7 Å². The molecule has 0 saturated heterocycles. The Hall–Kier alpha value is -2.72. The van der Waals surface area contributed by atoms with Gasteiger partial charge in [-0.15, -0.1) is 11.3 Å². The first-order valence-corrected chi connectivity index (χ1v) is 10.4. The number of carbonyl (C=O) groups excluding carboxylic acids is 1. The fraction of sp³-hybridized carbons (Fsp3) is 0.381. The van der Waals surface area contributed by atoms with Crippen molar-refractivity contribution in [3.8, 4) is 5.69 Å². The first-order chi connectivity index (χ1) is 14.4. The van der Waals surface area contributed by atoms with Crippen LogP contribution in [-0.4, -0.2) is 43.9 Å². The van der Waals surface area contributed by atoms with Gasteiger partial charge >= 0.3 is 6.18 Å². The molecule has 0 spiro atoms. The number of aryl methyl sites for hydroxylation is 2. The molecule has 0 aliphatic rings. The number of rotatable bonds is 6. The molecular formula is C21H23F3N4O2S. The van der Waals surface area contributed by atoms with Crippen LogP contribution in [0.25, 0.3) is 5.69 Å². The highest BCUT2D eigenvalue weighted by molar-refractivity contribution is 7.09. The minimum Gasteiger partial charge on any atom is -0.374 e. The first-order valence-electron chi connectivity index (χ1n) is 9.50. The summed E-state index contributed by atoms with van der Waals surface area (Å²) in [6.45, 7) is 5.21. The number of thiazole rings is 1. The molecular weight excluding hydrogens is 429 g/mol. The van der Waals surface area contributed by atoms with E-state index < -0.39 is 29.1 Å². The molecule has 31 heavy (non-hydrogen) atoms. The summed E-state index contributed by atoms with van der Waals surface area (Å²) in [6.07, 6.45) is -6.19. The maximum Gasteiger partial charge on any atom is 0.424 e. The smallest absolute Gasteiger partial charge is 0.374 e. The van der Waals surface area contributed by atoms with Gasteiger partial charge in [0.2, 0.25) is 11.5 Å². The monoisotopic (exact) mass is 452 g/mol. The van der Waals surface area contributed by atoms with E-state index in [2.05, 4.69) is 10.1 Å². The van der Waals surface area contributed by atoms with Gasteiger partial charge in [-0.2, -0.15) is 18.3 Å². The Kier molecular flexibility index (Phi) is 6.24. The lowest BCUT2D eigenvalue weighted by molar-refractivity contribution is -0.268. The standard InChI is InChI=1S/C21H23F3N4O2S/c1-13-12-31-19(25-13)20(30,21(22,23)24)10-18(29)27(4)11-17-14(2)26-28(15(17)3)16-8-6-5-7-9-16/h5-9,12,30H,10-11H2,1-4H3. The van der Waals surface area contributed by atoms with Crippen LogP contribution in [0.1, 0.15) is 34.1 Å². The number of benzene rings is 1. The highest BCUT2D eigenvalue weighted by Crippen LogP contribution is 2.43. The Labute approximate surface area is 182 Å². The Morgan fingerprint density at radius 1 is 1.19 bits per heavy atom. The van der Waals surface area contributed by atoms with Gasteiger partial charge in [-0.25, -0.2) is 9.67 Å². The lowest BCUT2D eigenvalue weighted by Gasteiger charge is -2.30. The number of alkyl halides is 3. The Balaban J connectivity index is 1.83. The van der Waals surface area contributed by atoms with E-state index in [0.717, 1.165) is 16.9 Å². The van der Waals surface area contributed by atoms with Gasteiger partial charge in [-0.3, -0.25) is 4.79 Å². The molecule has 6 nitrogen and oxygen atoms in total. The molecule has 3 rings (SSSR count). The van der Waals surface area contributed by atoms with Crippen molar-refractivity contribution in [2.75, 3.05) is 7.05 Å². The summed E-state index contributed by atoms with van der Waals surface area (Å²) in [5.74, 6) is -0.848. The van der Waals surface area contributed by atoms with Crippen LogP contribution in [0.5, 0.6) is 0 Å². The molecule has 0 fully saturated rings. The maximum absolute atomic E-state index is 13.7. The third-order valence-electron chi connectivity index (χ3n) is 5.11. The largest absolute Gasteiger partial charge is 0.424 e. The van der Waals surface area contributed by atoms with Crippen LogP contribution in [0.15, 0.2) is 35.7 Å². The lowest BCUT2D eigenvalue weighted by atomic mass is 9.98. The second-order valence-electron chi connectivity index (χ2n) is 7.48. The topological polar surface area (TPSA) is 71.2 Å². The third kappa shape index (κ3) is 4.49. The van der Waals surface area contributed by atoms with Crippen molar-refractivity contribution in [2.45, 2.75) is 45.5 Å². The predicted molar refractivity (Wildman–Crippen MR) is 111 cm³/mol. The van der Waals surface area contributed by atoms with E-state index in [1.807, 2.05) is 37.3 Å². The van der Waals surface area contributed by atoms with E-state index in [4.69, 9.17) is 0 Å². The highest BCUT2D eigenvalue weighted by Gasteiger charge is 2.58. The SMILES string of the molecule is Cc1csc(C(O)(CC(=O)N(C)Cc2c(C)nn(-c3ccccc3)c2C)C(F)(F)F)n1. The molecule has 1 atom stereocenters. The van der Waals surface area contributed by atoms with E-state index in [1.165, 1.54) is 24.3 Å². The van der Waals surface area contributed by atoms with Crippen LogP contribution >= 0.6 is 11.3 Å². The van der Waals surface area contributed by atoms with Gasteiger partial charge in [0.15, 0.2) is 0 Å². The third-order valence-corrected chi connectivity index (χ3v) is 6.22. The normalized spacial score (nSPS) is 13.8. The molecule has 0 aliphatic carbocycles. The highest BCUT2D eigenvalue weighted by atomic mass is 32.1. The number of aliphatic hydroxyl groups is 1. The zero-order valence-electron chi connectivity index (χ0n) is 17.6. The Bertz CT molecular complexity index is 1080. The van der Waals surface area contributed by atoms with Crippen molar-refractivity contribution in [2.24, 2.45) is 0 Å². The molecule has 1 N–H and O–H groups in total. The number of hydrogen-bond acceptors (Lipinski definition) is 5. The van der Waals surface area contributed by atoms with Crippen LogP contribution in [-0.2, 0) is 16.9 Å². The molecule has 2 heterocycles. The molecule has 0 saturated carbocycles. The molecule has 1 amide bonds.